The van der Waals surface area contributed by atoms with Crippen LogP contribution in [0.3, 0.4) is 0 Å². The smallest absolute Gasteiger partial charge is 0.173 e. The Kier molecular flexibility index (Phi) is 5.22. The third-order valence-electron chi connectivity index (χ3n) is 3.37. The van der Waals surface area contributed by atoms with E-state index in [4.69, 9.17) is 22.7 Å². The summed E-state index contributed by atoms with van der Waals surface area (Å²) in [5.41, 5.74) is 12.0. The van der Waals surface area contributed by atoms with Gasteiger partial charge in [0.1, 0.15) is 4.99 Å². The Bertz CT molecular complexity index is 488. The topological polar surface area (TPSA) is 76.3 Å². The molecule has 0 saturated carbocycles. The molecule has 1 aromatic heterocycles. The zero-order valence-electron chi connectivity index (χ0n) is 12.0. The van der Waals surface area contributed by atoms with Crippen molar-refractivity contribution in [3.8, 4) is 0 Å². The van der Waals surface area contributed by atoms with Crippen LogP contribution in [0.5, 0.6) is 0 Å². The van der Waals surface area contributed by atoms with Crippen LogP contribution in [0, 0.1) is 0 Å². The average Bonchev–Trinajstić information content (AvgIpc) is 2.47. The normalized spacial score (nSPS) is 16.1. The van der Waals surface area contributed by atoms with Gasteiger partial charge < -0.3 is 15.9 Å². The number of aryl methyl sites for hydroxylation is 1. The van der Waals surface area contributed by atoms with Gasteiger partial charge in [-0.2, -0.15) is 5.10 Å². The van der Waals surface area contributed by atoms with Crippen molar-refractivity contribution in [3.63, 3.8) is 0 Å². The van der Waals surface area contributed by atoms with Crippen LogP contribution in [0.15, 0.2) is 0 Å². The first-order valence-corrected chi connectivity index (χ1v) is 7.35. The fourth-order valence-corrected chi connectivity index (χ4v) is 2.56. The van der Waals surface area contributed by atoms with Crippen molar-refractivity contribution in [2.45, 2.75) is 26.7 Å². The van der Waals surface area contributed by atoms with E-state index >= 15 is 0 Å². The van der Waals surface area contributed by atoms with Gasteiger partial charge in [-0.1, -0.05) is 26.1 Å². The molecule has 2 rings (SSSR count). The second-order valence-electron chi connectivity index (χ2n) is 4.63. The van der Waals surface area contributed by atoms with Gasteiger partial charge in [0.25, 0.3) is 0 Å². The number of hydrazine groups is 1. The molecule has 0 unspecified atom stereocenters. The van der Waals surface area contributed by atoms with E-state index in [1.54, 1.807) is 0 Å². The van der Waals surface area contributed by atoms with Crippen LogP contribution in [0.4, 0.5) is 5.82 Å². The van der Waals surface area contributed by atoms with Crippen molar-refractivity contribution in [2.75, 3.05) is 31.7 Å². The third kappa shape index (κ3) is 3.23. The van der Waals surface area contributed by atoms with E-state index in [-0.39, 0.29) is 0 Å². The largest absolute Gasteiger partial charge is 0.389 e. The Morgan fingerprint density at radius 2 is 2.00 bits per heavy atom. The lowest BCUT2D eigenvalue weighted by atomic mass is 10.0. The number of ether oxygens (including phenoxy) is 1. The van der Waals surface area contributed by atoms with Crippen molar-refractivity contribution in [1.82, 2.24) is 15.2 Å². The fraction of sp³-hybridized carbons (Fsp3) is 0.615. The van der Waals surface area contributed by atoms with Gasteiger partial charge in [-0.25, -0.2) is 5.01 Å². The minimum atomic E-state index is 0.363. The minimum Gasteiger partial charge on any atom is -0.389 e. The SMILES string of the molecule is CCc1nnc(NN2CCOCC2)c(C(N)=S)c1CC. The quantitative estimate of drug-likeness (QED) is 0.781. The molecule has 7 heteroatoms. The van der Waals surface area contributed by atoms with Gasteiger partial charge >= 0.3 is 0 Å². The first-order valence-electron chi connectivity index (χ1n) is 6.94. The fourth-order valence-electron chi connectivity index (χ4n) is 2.34. The number of morpholine rings is 1. The summed E-state index contributed by atoms with van der Waals surface area (Å²) in [7, 11) is 0. The number of nitrogens with one attached hydrogen (secondary N) is 1. The molecular formula is C13H21N5OS. The van der Waals surface area contributed by atoms with Gasteiger partial charge in [0.15, 0.2) is 5.82 Å². The first-order chi connectivity index (χ1) is 9.67. The van der Waals surface area contributed by atoms with Gasteiger partial charge in [-0.15, -0.1) is 5.10 Å². The Hall–Kier alpha value is -1.31. The van der Waals surface area contributed by atoms with E-state index in [1.807, 2.05) is 0 Å². The van der Waals surface area contributed by atoms with Gasteiger partial charge in [0.05, 0.1) is 24.5 Å². The number of nitrogens with zero attached hydrogens (tertiary/aromatic N) is 3. The summed E-state index contributed by atoms with van der Waals surface area (Å²) in [6.45, 7) is 7.15. The summed E-state index contributed by atoms with van der Waals surface area (Å²) >= 11 is 5.21. The molecule has 110 valence electrons. The van der Waals surface area contributed by atoms with Crippen molar-refractivity contribution < 1.29 is 4.74 Å². The van der Waals surface area contributed by atoms with E-state index < -0.39 is 0 Å². The van der Waals surface area contributed by atoms with Crippen molar-refractivity contribution in [3.05, 3.63) is 16.8 Å². The van der Waals surface area contributed by atoms with E-state index in [2.05, 4.69) is 34.5 Å². The molecule has 0 amide bonds. The molecule has 0 aliphatic carbocycles. The van der Waals surface area contributed by atoms with Crippen LogP contribution in [0.25, 0.3) is 0 Å². The molecule has 1 aliphatic heterocycles. The molecule has 1 aliphatic rings. The molecule has 1 aromatic rings. The summed E-state index contributed by atoms with van der Waals surface area (Å²) in [6, 6.07) is 0. The number of thiocarbonyl (C=S) groups is 1. The van der Waals surface area contributed by atoms with E-state index in [1.165, 1.54) is 0 Å². The molecule has 1 fully saturated rings. The van der Waals surface area contributed by atoms with E-state index in [0.29, 0.717) is 24.0 Å². The Morgan fingerprint density at radius 3 is 2.55 bits per heavy atom. The lowest BCUT2D eigenvalue weighted by Crippen LogP contribution is -2.41. The molecular weight excluding hydrogens is 274 g/mol. The highest BCUT2D eigenvalue weighted by molar-refractivity contribution is 7.80. The predicted octanol–water partition coefficient (Wildman–Crippen LogP) is 0.895. The number of anilines is 1. The zero-order valence-corrected chi connectivity index (χ0v) is 12.8. The van der Waals surface area contributed by atoms with Gasteiger partial charge in [0, 0.05) is 13.1 Å². The number of nitrogens with two attached hydrogens (primary N) is 1. The van der Waals surface area contributed by atoms with Crippen LogP contribution in [0.2, 0.25) is 0 Å². The predicted molar refractivity (Wildman–Crippen MR) is 82.7 cm³/mol. The molecule has 3 N–H and O–H groups in total. The Morgan fingerprint density at radius 1 is 1.30 bits per heavy atom. The summed E-state index contributed by atoms with van der Waals surface area (Å²) < 4.78 is 5.33. The average molecular weight is 295 g/mol. The highest BCUT2D eigenvalue weighted by atomic mass is 32.1. The van der Waals surface area contributed by atoms with E-state index in [0.717, 1.165) is 42.8 Å². The second-order valence-corrected chi connectivity index (χ2v) is 5.07. The van der Waals surface area contributed by atoms with Crippen molar-refractivity contribution >= 4 is 23.0 Å². The zero-order chi connectivity index (χ0) is 14.5. The summed E-state index contributed by atoms with van der Waals surface area (Å²) in [5.74, 6) is 0.647. The lowest BCUT2D eigenvalue weighted by molar-refractivity contribution is 0.0494. The van der Waals surface area contributed by atoms with E-state index in [9.17, 15) is 0 Å². The summed E-state index contributed by atoms with van der Waals surface area (Å²) in [6.07, 6.45) is 1.66. The molecule has 1 saturated heterocycles. The molecule has 2 heterocycles. The van der Waals surface area contributed by atoms with Crippen LogP contribution in [0.1, 0.15) is 30.7 Å². The first kappa shape index (κ1) is 15.1. The number of aromatic nitrogens is 2. The maximum atomic E-state index is 5.90. The molecule has 20 heavy (non-hydrogen) atoms. The Balaban J connectivity index is 2.33. The minimum absolute atomic E-state index is 0.363. The maximum absolute atomic E-state index is 5.90. The number of hydrogen-bond acceptors (Lipinski definition) is 6. The summed E-state index contributed by atoms with van der Waals surface area (Å²) in [4.78, 5) is 0.363. The molecule has 0 aromatic carbocycles. The maximum Gasteiger partial charge on any atom is 0.173 e. The Labute approximate surface area is 124 Å². The molecule has 0 atom stereocenters. The molecule has 0 radical (unpaired) electrons. The monoisotopic (exact) mass is 295 g/mol. The summed E-state index contributed by atoms with van der Waals surface area (Å²) in [5, 5.41) is 10.6. The number of rotatable bonds is 5. The van der Waals surface area contributed by atoms with Crippen LogP contribution in [-0.2, 0) is 17.6 Å². The van der Waals surface area contributed by atoms with Gasteiger partial charge in [-0.3, -0.25) is 0 Å². The van der Waals surface area contributed by atoms with Crippen LogP contribution in [-0.4, -0.2) is 46.5 Å². The number of hydrogen-bond donors (Lipinski definition) is 2. The standard InChI is InChI=1S/C13H21N5OS/c1-3-9-10(4-2)15-16-13(11(9)12(14)20)17-18-5-7-19-8-6-18/h3-8H2,1-2H3,(H2,14,20)(H,16,17). The van der Waals surface area contributed by atoms with Crippen molar-refractivity contribution in [2.24, 2.45) is 5.73 Å². The van der Waals surface area contributed by atoms with Gasteiger partial charge in [0.2, 0.25) is 0 Å². The molecule has 6 nitrogen and oxygen atoms in total. The molecule has 0 bridgehead atoms. The second kappa shape index (κ2) is 6.92. The highest BCUT2D eigenvalue weighted by Gasteiger charge is 2.19. The third-order valence-corrected chi connectivity index (χ3v) is 3.57. The van der Waals surface area contributed by atoms with Crippen LogP contribution >= 0.6 is 12.2 Å². The lowest BCUT2D eigenvalue weighted by Gasteiger charge is -2.28. The van der Waals surface area contributed by atoms with Crippen LogP contribution < -0.4 is 11.2 Å². The highest BCUT2D eigenvalue weighted by Crippen LogP contribution is 2.21. The molecule has 0 spiro atoms. The van der Waals surface area contributed by atoms with Crippen molar-refractivity contribution in [1.29, 1.82) is 0 Å². The van der Waals surface area contributed by atoms with Gasteiger partial charge in [-0.05, 0) is 18.4 Å².